The molecule has 0 N–H and O–H groups in total. The predicted molar refractivity (Wildman–Crippen MR) is 52.0 cm³/mol. The number of methoxy groups -OCH3 is 1. The number of aryl methyl sites for hydroxylation is 1. The molecule has 5 heteroatoms. The Hall–Kier alpha value is -1.10. The van der Waals surface area contributed by atoms with Crippen LogP contribution in [-0.2, 0) is 0 Å². The van der Waals surface area contributed by atoms with Gasteiger partial charge in [0.15, 0.2) is 5.65 Å². The molecule has 0 aliphatic rings. The first-order valence-electron chi connectivity index (χ1n) is 3.78. The molecular formula is C8H8BrN3O. The number of rotatable bonds is 1. The SMILES string of the molecule is COc1c(C)nc2ccc(Br)nn12. The van der Waals surface area contributed by atoms with Gasteiger partial charge in [-0.25, -0.2) is 4.98 Å². The summed E-state index contributed by atoms with van der Waals surface area (Å²) in [5.41, 5.74) is 1.63. The first kappa shape index (κ1) is 8.50. The lowest BCUT2D eigenvalue weighted by Crippen LogP contribution is -1.95. The maximum absolute atomic E-state index is 5.17. The van der Waals surface area contributed by atoms with E-state index in [0.717, 1.165) is 15.9 Å². The Morgan fingerprint density at radius 1 is 1.46 bits per heavy atom. The van der Waals surface area contributed by atoms with Gasteiger partial charge >= 0.3 is 0 Å². The van der Waals surface area contributed by atoms with Gasteiger partial charge in [0.05, 0.1) is 7.11 Å². The van der Waals surface area contributed by atoms with Crippen molar-refractivity contribution in [2.75, 3.05) is 7.11 Å². The van der Waals surface area contributed by atoms with Crippen LogP contribution in [0.5, 0.6) is 5.88 Å². The van der Waals surface area contributed by atoms with E-state index in [1.165, 1.54) is 0 Å². The van der Waals surface area contributed by atoms with Crippen molar-refractivity contribution >= 4 is 21.6 Å². The average molecular weight is 242 g/mol. The van der Waals surface area contributed by atoms with Gasteiger partial charge in [0.1, 0.15) is 10.3 Å². The molecule has 0 aromatic carbocycles. The highest BCUT2D eigenvalue weighted by Gasteiger charge is 2.09. The van der Waals surface area contributed by atoms with Gasteiger partial charge in [-0.15, -0.1) is 0 Å². The summed E-state index contributed by atoms with van der Waals surface area (Å²) in [5.74, 6) is 0.677. The fourth-order valence-corrected chi connectivity index (χ4v) is 1.53. The molecule has 4 nitrogen and oxygen atoms in total. The van der Waals surface area contributed by atoms with E-state index in [2.05, 4.69) is 26.0 Å². The Balaban J connectivity index is 2.80. The monoisotopic (exact) mass is 241 g/mol. The molecule has 2 heterocycles. The number of nitrogens with zero attached hydrogens (tertiary/aromatic N) is 3. The molecule has 2 rings (SSSR count). The molecule has 0 fully saturated rings. The number of halogens is 1. The third-order valence-corrected chi connectivity index (χ3v) is 2.18. The zero-order chi connectivity index (χ0) is 9.42. The van der Waals surface area contributed by atoms with Crippen LogP contribution in [0.2, 0.25) is 0 Å². The van der Waals surface area contributed by atoms with Crippen molar-refractivity contribution in [2.24, 2.45) is 0 Å². The molecule has 0 radical (unpaired) electrons. The summed E-state index contributed by atoms with van der Waals surface area (Å²) in [5, 5.41) is 4.21. The number of aromatic nitrogens is 3. The molecular weight excluding hydrogens is 234 g/mol. The largest absolute Gasteiger partial charge is 0.480 e. The van der Waals surface area contributed by atoms with E-state index in [4.69, 9.17) is 4.74 Å². The van der Waals surface area contributed by atoms with Crippen molar-refractivity contribution in [3.63, 3.8) is 0 Å². The second-order valence-electron chi connectivity index (χ2n) is 2.63. The molecule has 2 aromatic rings. The van der Waals surface area contributed by atoms with E-state index in [9.17, 15) is 0 Å². The van der Waals surface area contributed by atoms with Crippen LogP contribution in [0.15, 0.2) is 16.7 Å². The minimum Gasteiger partial charge on any atom is -0.480 e. The topological polar surface area (TPSA) is 39.4 Å². The number of ether oxygens (including phenoxy) is 1. The van der Waals surface area contributed by atoms with Gasteiger partial charge in [-0.05, 0) is 35.0 Å². The number of hydrogen-bond acceptors (Lipinski definition) is 3. The lowest BCUT2D eigenvalue weighted by atomic mass is 10.5. The standard InChI is InChI=1S/C8H8BrN3O/c1-5-8(13-2)12-7(10-5)4-3-6(9)11-12/h3-4H,1-2H3. The van der Waals surface area contributed by atoms with Crippen LogP contribution >= 0.6 is 15.9 Å². The van der Waals surface area contributed by atoms with Crippen molar-refractivity contribution in [3.05, 3.63) is 22.4 Å². The molecule has 0 atom stereocenters. The summed E-state index contributed by atoms with van der Waals surface area (Å²) in [7, 11) is 1.61. The summed E-state index contributed by atoms with van der Waals surface area (Å²) >= 11 is 3.29. The summed E-state index contributed by atoms with van der Waals surface area (Å²) in [6, 6.07) is 3.73. The highest BCUT2D eigenvalue weighted by atomic mass is 79.9. The summed E-state index contributed by atoms with van der Waals surface area (Å²) in [6.45, 7) is 1.89. The third kappa shape index (κ3) is 1.29. The molecule has 0 amide bonds. The van der Waals surface area contributed by atoms with Crippen LogP contribution in [-0.4, -0.2) is 21.7 Å². The van der Waals surface area contributed by atoms with Crippen molar-refractivity contribution in [1.82, 2.24) is 14.6 Å². The summed E-state index contributed by atoms with van der Waals surface area (Å²) in [4.78, 5) is 4.28. The smallest absolute Gasteiger partial charge is 0.238 e. The lowest BCUT2D eigenvalue weighted by molar-refractivity contribution is 0.383. The highest BCUT2D eigenvalue weighted by molar-refractivity contribution is 9.10. The number of imidazole rings is 1. The molecule has 0 unspecified atom stereocenters. The van der Waals surface area contributed by atoms with Gasteiger partial charge in [-0.3, -0.25) is 0 Å². The van der Waals surface area contributed by atoms with E-state index in [-0.39, 0.29) is 0 Å². The Kier molecular flexibility index (Phi) is 1.95. The van der Waals surface area contributed by atoms with Gasteiger partial charge in [0.25, 0.3) is 0 Å². The molecule has 0 spiro atoms. The molecule has 0 saturated carbocycles. The molecule has 0 saturated heterocycles. The normalized spacial score (nSPS) is 10.7. The van der Waals surface area contributed by atoms with E-state index < -0.39 is 0 Å². The maximum Gasteiger partial charge on any atom is 0.238 e. The van der Waals surface area contributed by atoms with Crippen LogP contribution in [0.1, 0.15) is 5.69 Å². The Bertz CT molecular complexity index is 452. The van der Waals surface area contributed by atoms with E-state index in [1.54, 1.807) is 11.6 Å². The molecule has 0 aliphatic carbocycles. The van der Waals surface area contributed by atoms with Crippen LogP contribution < -0.4 is 4.74 Å². The Morgan fingerprint density at radius 3 is 2.92 bits per heavy atom. The van der Waals surface area contributed by atoms with Gasteiger partial charge in [0.2, 0.25) is 5.88 Å². The summed E-state index contributed by atoms with van der Waals surface area (Å²) < 4.78 is 7.60. The fraction of sp³-hybridized carbons (Fsp3) is 0.250. The Labute approximate surface area is 83.7 Å². The zero-order valence-corrected chi connectivity index (χ0v) is 8.87. The Morgan fingerprint density at radius 2 is 2.23 bits per heavy atom. The van der Waals surface area contributed by atoms with Crippen molar-refractivity contribution in [1.29, 1.82) is 0 Å². The van der Waals surface area contributed by atoms with Crippen LogP contribution in [0.25, 0.3) is 5.65 Å². The molecule has 0 aliphatic heterocycles. The quantitative estimate of drug-likeness (QED) is 0.765. The lowest BCUT2D eigenvalue weighted by Gasteiger charge is -1.98. The highest BCUT2D eigenvalue weighted by Crippen LogP contribution is 2.19. The minimum atomic E-state index is 0.677. The molecule has 0 bridgehead atoms. The molecule has 13 heavy (non-hydrogen) atoms. The average Bonchev–Trinajstić information content (AvgIpc) is 2.40. The molecule has 68 valence electrons. The van der Waals surface area contributed by atoms with Crippen molar-refractivity contribution in [3.8, 4) is 5.88 Å². The number of fused-ring (bicyclic) bond motifs is 1. The van der Waals surface area contributed by atoms with Gasteiger partial charge in [-0.1, -0.05) is 0 Å². The zero-order valence-electron chi connectivity index (χ0n) is 7.28. The van der Waals surface area contributed by atoms with E-state index in [1.807, 2.05) is 19.1 Å². The third-order valence-electron chi connectivity index (χ3n) is 1.76. The van der Waals surface area contributed by atoms with Crippen LogP contribution in [0, 0.1) is 6.92 Å². The van der Waals surface area contributed by atoms with E-state index >= 15 is 0 Å². The first-order chi connectivity index (χ1) is 6.22. The first-order valence-corrected chi connectivity index (χ1v) is 4.57. The number of hydrogen-bond donors (Lipinski definition) is 0. The second-order valence-corrected chi connectivity index (χ2v) is 3.45. The van der Waals surface area contributed by atoms with Gasteiger partial charge in [-0.2, -0.15) is 9.61 Å². The molecule has 2 aromatic heterocycles. The predicted octanol–water partition coefficient (Wildman–Crippen LogP) is 1.81. The minimum absolute atomic E-state index is 0.677. The fourth-order valence-electron chi connectivity index (χ4n) is 1.24. The van der Waals surface area contributed by atoms with Crippen molar-refractivity contribution < 1.29 is 4.74 Å². The van der Waals surface area contributed by atoms with Crippen molar-refractivity contribution in [2.45, 2.75) is 6.92 Å². The second kappa shape index (κ2) is 2.99. The van der Waals surface area contributed by atoms with Crippen LogP contribution in [0.4, 0.5) is 0 Å². The van der Waals surface area contributed by atoms with Gasteiger partial charge in [0, 0.05) is 0 Å². The van der Waals surface area contributed by atoms with Gasteiger partial charge < -0.3 is 4.74 Å². The van der Waals surface area contributed by atoms with E-state index in [0.29, 0.717) is 5.88 Å². The summed E-state index contributed by atoms with van der Waals surface area (Å²) in [6.07, 6.45) is 0. The maximum atomic E-state index is 5.17. The van der Waals surface area contributed by atoms with Crippen LogP contribution in [0.3, 0.4) is 0 Å².